The maximum Gasteiger partial charge on any atom is 0.186 e. The second-order valence-corrected chi connectivity index (χ2v) is 2.30. The lowest BCUT2D eigenvalue weighted by atomic mass is 10.2. The molecule has 70 valence electrons. The number of carbonyl (C=O) groups excluding carboxylic acids is 1. The van der Waals surface area contributed by atoms with Crippen molar-refractivity contribution >= 4 is 6.29 Å². The molecule has 13 heavy (non-hydrogen) atoms. The van der Waals surface area contributed by atoms with E-state index >= 15 is 0 Å². The first-order chi connectivity index (χ1) is 6.31. The molecule has 0 bridgehead atoms. The Kier molecular flexibility index (Phi) is 3.28. The quantitative estimate of drug-likeness (QED) is 0.553. The van der Waals surface area contributed by atoms with E-state index in [0.29, 0.717) is 23.3 Å². The van der Waals surface area contributed by atoms with Crippen LogP contribution in [-0.2, 0) is 0 Å². The predicted molar refractivity (Wildman–Crippen MR) is 46.1 cm³/mol. The van der Waals surface area contributed by atoms with Crippen molar-refractivity contribution in [1.29, 1.82) is 0 Å². The highest BCUT2D eigenvalue weighted by Gasteiger charge is 2.03. The minimum Gasteiger partial charge on any atom is -0.497 e. The molecule has 4 heteroatoms. The van der Waals surface area contributed by atoms with Crippen LogP contribution in [0.1, 0.15) is 10.4 Å². The van der Waals surface area contributed by atoms with Crippen LogP contribution in [0.2, 0.25) is 0 Å². The highest BCUT2D eigenvalue weighted by molar-refractivity contribution is 5.80. The first kappa shape index (κ1) is 9.54. The molecule has 1 N–H and O–H groups in total. The van der Waals surface area contributed by atoms with Crippen molar-refractivity contribution in [3.63, 3.8) is 0 Å². The second-order valence-electron chi connectivity index (χ2n) is 2.30. The number of aliphatic hydroxyl groups excluding tert-OH is 1. The predicted octanol–water partition coefficient (Wildman–Crippen LogP) is 0.836. The molecule has 0 aliphatic rings. The number of methoxy groups -OCH3 is 1. The molecule has 0 spiro atoms. The van der Waals surface area contributed by atoms with Gasteiger partial charge in [-0.2, -0.15) is 0 Å². The van der Waals surface area contributed by atoms with Crippen LogP contribution in [-0.4, -0.2) is 25.3 Å². The van der Waals surface area contributed by atoms with Gasteiger partial charge in [-0.3, -0.25) is 4.79 Å². The highest BCUT2D eigenvalue weighted by atomic mass is 16.6. The Labute approximate surface area is 75.7 Å². The molecule has 1 rings (SSSR count). The van der Waals surface area contributed by atoms with Crippen molar-refractivity contribution in [3.05, 3.63) is 23.8 Å². The van der Waals surface area contributed by atoms with Crippen LogP contribution in [0.4, 0.5) is 0 Å². The largest absolute Gasteiger partial charge is 0.497 e. The molecule has 1 aromatic carbocycles. The van der Waals surface area contributed by atoms with E-state index in [9.17, 15) is 4.79 Å². The molecule has 0 radical (unpaired) electrons. The third-order valence-electron chi connectivity index (χ3n) is 1.56. The zero-order valence-corrected chi connectivity index (χ0v) is 7.19. The Bertz CT molecular complexity index is 296. The van der Waals surface area contributed by atoms with Gasteiger partial charge in [0, 0.05) is 0 Å². The summed E-state index contributed by atoms with van der Waals surface area (Å²) in [4.78, 5) is 10.6. The van der Waals surface area contributed by atoms with Gasteiger partial charge >= 0.3 is 0 Å². The molecule has 0 saturated carbocycles. The number of aldehydes is 1. The summed E-state index contributed by atoms with van der Waals surface area (Å²) in [5.74, 6) is 0.922. The lowest BCUT2D eigenvalue weighted by Gasteiger charge is -2.06. The number of aliphatic hydroxyl groups is 1. The second kappa shape index (κ2) is 4.47. The summed E-state index contributed by atoms with van der Waals surface area (Å²) in [5, 5.41) is 8.50. The summed E-state index contributed by atoms with van der Waals surface area (Å²) >= 11 is 0. The maximum absolute atomic E-state index is 10.6. The number of hydrogen-bond acceptors (Lipinski definition) is 4. The van der Waals surface area contributed by atoms with Gasteiger partial charge in [0.2, 0.25) is 0 Å². The molecule has 1 aromatic rings. The minimum absolute atomic E-state index is 0.346. The number of rotatable bonds is 4. The van der Waals surface area contributed by atoms with E-state index in [1.54, 1.807) is 12.1 Å². The molecule has 0 unspecified atom stereocenters. The topological polar surface area (TPSA) is 55.8 Å². The molecule has 0 saturated heterocycles. The Morgan fingerprint density at radius 1 is 1.54 bits per heavy atom. The van der Waals surface area contributed by atoms with Crippen LogP contribution in [0, 0.1) is 0 Å². The zero-order chi connectivity index (χ0) is 9.68. The van der Waals surface area contributed by atoms with Crippen LogP contribution in [0.15, 0.2) is 18.2 Å². The van der Waals surface area contributed by atoms with Crippen LogP contribution in [0.3, 0.4) is 0 Å². The van der Waals surface area contributed by atoms with Gasteiger partial charge in [0.1, 0.15) is 11.5 Å². The molecule has 0 fully saturated rings. The van der Waals surface area contributed by atoms with E-state index in [2.05, 4.69) is 0 Å². The molecule has 0 aliphatic heterocycles. The molecule has 0 aliphatic carbocycles. The van der Waals surface area contributed by atoms with E-state index in [-0.39, 0.29) is 0 Å². The SMILES string of the molecule is COc1ccc(OCO)c(C=O)c1. The van der Waals surface area contributed by atoms with Crippen LogP contribution in [0.25, 0.3) is 0 Å². The first-order valence-electron chi connectivity index (χ1n) is 3.68. The molecular formula is C9H10O4. The summed E-state index contributed by atoms with van der Waals surface area (Å²) in [5.41, 5.74) is 0.355. The average Bonchev–Trinajstić information content (AvgIpc) is 2.19. The van der Waals surface area contributed by atoms with Gasteiger partial charge in [0.05, 0.1) is 12.7 Å². The fourth-order valence-electron chi connectivity index (χ4n) is 0.947. The Balaban J connectivity index is 3.00. The standard InChI is InChI=1S/C9H10O4/c1-12-8-2-3-9(13-6-11)7(4-8)5-10/h2-5,11H,6H2,1H3. The zero-order valence-electron chi connectivity index (χ0n) is 7.19. The summed E-state index contributed by atoms with van der Waals surface area (Å²) in [6, 6.07) is 4.76. The van der Waals surface area contributed by atoms with Gasteiger partial charge in [-0.05, 0) is 18.2 Å². The van der Waals surface area contributed by atoms with E-state index in [1.807, 2.05) is 0 Å². The average molecular weight is 182 g/mol. The van der Waals surface area contributed by atoms with Crippen molar-refractivity contribution < 1.29 is 19.4 Å². The van der Waals surface area contributed by atoms with Crippen molar-refractivity contribution in [2.24, 2.45) is 0 Å². The lowest BCUT2D eigenvalue weighted by molar-refractivity contribution is 0.0958. The first-order valence-corrected chi connectivity index (χ1v) is 3.68. The van der Waals surface area contributed by atoms with Crippen LogP contribution >= 0.6 is 0 Å². The maximum atomic E-state index is 10.6. The van der Waals surface area contributed by atoms with Gasteiger partial charge in [-0.15, -0.1) is 0 Å². The molecule has 0 heterocycles. The normalized spacial score (nSPS) is 9.38. The van der Waals surface area contributed by atoms with E-state index in [4.69, 9.17) is 14.6 Å². The molecule has 0 aromatic heterocycles. The smallest absolute Gasteiger partial charge is 0.186 e. The number of carbonyl (C=O) groups is 1. The fraction of sp³-hybridized carbons (Fsp3) is 0.222. The van der Waals surface area contributed by atoms with Crippen molar-refractivity contribution in [2.45, 2.75) is 0 Å². The van der Waals surface area contributed by atoms with Crippen LogP contribution < -0.4 is 9.47 Å². The van der Waals surface area contributed by atoms with E-state index < -0.39 is 6.79 Å². The Morgan fingerprint density at radius 2 is 2.31 bits per heavy atom. The van der Waals surface area contributed by atoms with Gasteiger partial charge in [0.15, 0.2) is 13.1 Å². The molecule has 4 nitrogen and oxygen atoms in total. The Hall–Kier alpha value is -1.55. The highest BCUT2D eigenvalue weighted by Crippen LogP contribution is 2.22. The minimum atomic E-state index is -0.451. The third kappa shape index (κ3) is 2.19. The van der Waals surface area contributed by atoms with Gasteiger partial charge in [0.25, 0.3) is 0 Å². The van der Waals surface area contributed by atoms with Crippen LogP contribution in [0.5, 0.6) is 11.5 Å². The molecular weight excluding hydrogens is 172 g/mol. The van der Waals surface area contributed by atoms with Crippen molar-refractivity contribution in [3.8, 4) is 11.5 Å². The summed E-state index contributed by atoms with van der Waals surface area (Å²) in [7, 11) is 1.51. The Morgan fingerprint density at radius 3 is 2.85 bits per heavy atom. The number of benzene rings is 1. The van der Waals surface area contributed by atoms with Crippen molar-refractivity contribution in [1.82, 2.24) is 0 Å². The van der Waals surface area contributed by atoms with Gasteiger partial charge < -0.3 is 14.6 Å². The summed E-state index contributed by atoms with van der Waals surface area (Å²) in [6.45, 7) is -0.451. The summed E-state index contributed by atoms with van der Waals surface area (Å²) < 4.78 is 9.71. The fourth-order valence-corrected chi connectivity index (χ4v) is 0.947. The monoisotopic (exact) mass is 182 g/mol. The van der Waals surface area contributed by atoms with Gasteiger partial charge in [-0.25, -0.2) is 0 Å². The van der Waals surface area contributed by atoms with Gasteiger partial charge in [-0.1, -0.05) is 0 Å². The van der Waals surface area contributed by atoms with E-state index in [1.165, 1.54) is 13.2 Å². The van der Waals surface area contributed by atoms with E-state index in [0.717, 1.165) is 0 Å². The molecule has 0 amide bonds. The third-order valence-corrected chi connectivity index (χ3v) is 1.56. The molecule has 0 atom stereocenters. The number of ether oxygens (including phenoxy) is 2. The number of hydrogen-bond donors (Lipinski definition) is 1. The summed E-state index contributed by atoms with van der Waals surface area (Å²) in [6.07, 6.45) is 0.646. The van der Waals surface area contributed by atoms with Crippen molar-refractivity contribution in [2.75, 3.05) is 13.9 Å². The lowest BCUT2D eigenvalue weighted by Crippen LogP contribution is -1.98.